The Bertz CT molecular complexity index is 1040. The zero-order valence-electron chi connectivity index (χ0n) is 29.9. The van der Waals surface area contributed by atoms with Crippen molar-refractivity contribution in [2.24, 2.45) is 0 Å². The van der Waals surface area contributed by atoms with Crippen LogP contribution in [0, 0.1) is 0 Å². The minimum atomic E-state index is -1.07. The van der Waals surface area contributed by atoms with Gasteiger partial charge < -0.3 is 42.4 Å². The predicted molar refractivity (Wildman–Crippen MR) is 194 cm³/mol. The molecule has 3 aromatic carbocycles. The van der Waals surface area contributed by atoms with E-state index in [-0.39, 0.29) is 0 Å². The maximum atomic E-state index is 6.14. The lowest BCUT2D eigenvalue weighted by atomic mass is 10.2. The highest BCUT2D eigenvalue weighted by Crippen LogP contribution is 2.24. The summed E-state index contributed by atoms with van der Waals surface area (Å²) >= 11 is 0. The lowest BCUT2D eigenvalue weighted by Gasteiger charge is -2.17. The highest BCUT2D eigenvalue weighted by molar-refractivity contribution is 6.39. The number of hydrogen-bond acceptors (Lipinski definition) is 9. The average molecular weight is 681 g/mol. The van der Waals surface area contributed by atoms with Gasteiger partial charge in [-0.25, -0.2) is 0 Å². The predicted octanol–water partition coefficient (Wildman–Crippen LogP) is 8.97. The highest BCUT2D eigenvalue weighted by Gasteiger charge is 2.30. The van der Waals surface area contributed by atoms with Gasteiger partial charge in [0, 0.05) is 19.8 Å². The molecule has 0 aromatic heterocycles. The minimum Gasteiger partial charge on any atom is -0.491 e. The molecule has 3 aromatic rings. The molecule has 0 bridgehead atoms. The van der Waals surface area contributed by atoms with Crippen molar-refractivity contribution in [1.82, 2.24) is 0 Å². The Morgan fingerprint density at radius 1 is 0.327 bits per heavy atom. The largest absolute Gasteiger partial charge is 0.864 e. The molecule has 0 atom stereocenters. The van der Waals surface area contributed by atoms with E-state index in [1.54, 1.807) is 0 Å². The third kappa shape index (κ3) is 18.7. The summed E-state index contributed by atoms with van der Waals surface area (Å²) in [5.41, 5.74) is 0. The van der Waals surface area contributed by atoms with Crippen molar-refractivity contribution in [3.8, 4) is 34.5 Å². The fraction of sp³-hybridized carbons (Fsp3) is 0.538. The lowest BCUT2D eigenvalue weighted by Crippen LogP contribution is -2.36. The second-order valence-corrected chi connectivity index (χ2v) is 11.6. The molecule has 0 aliphatic carbocycles. The Hall–Kier alpha value is -3.60. The summed E-state index contributed by atoms with van der Waals surface area (Å²) in [5, 5.41) is 0. The summed E-state index contributed by atoms with van der Waals surface area (Å²) in [6, 6.07) is 22.0. The van der Waals surface area contributed by atoms with E-state index >= 15 is 0 Å². The van der Waals surface area contributed by atoms with Crippen molar-refractivity contribution in [2.45, 2.75) is 78.6 Å². The van der Waals surface area contributed by atoms with E-state index < -0.39 is 7.32 Å². The quantitative estimate of drug-likeness (QED) is 0.0506. The molecule has 0 saturated heterocycles. The molecule has 0 saturated carbocycles. The van der Waals surface area contributed by atoms with Crippen molar-refractivity contribution >= 4 is 7.32 Å². The fourth-order valence-corrected chi connectivity index (χ4v) is 4.57. The molecule has 0 aliphatic heterocycles. The van der Waals surface area contributed by atoms with Crippen LogP contribution in [0.15, 0.2) is 72.8 Å². The number of hydrogen-bond donors (Lipinski definition) is 0. The molecule has 0 fully saturated rings. The van der Waals surface area contributed by atoms with Crippen molar-refractivity contribution in [3.63, 3.8) is 0 Å². The molecule has 0 amide bonds. The van der Waals surface area contributed by atoms with Crippen LogP contribution in [-0.2, 0) is 14.2 Å². The Morgan fingerprint density at radius 3 is 0.857 bits per heavy atom. The maximum Gasteiger partial charge on any atom is 0.864 e. The molecule has 0 heterocycles. The van der Waals surface area contributed by atoms with Crippen molar-refractivity contribution in [1.29, 1.82) is 0 Å². The summed E-state index contributed by atoms with van der Waals surface area (Å²) in [6.07, 6.45) is 10.3. The van der Waals surface area contributed by atoms with E-state index in [0.29, 0.717) is 56.9 Å². The van der Waals surface area contributed by atoms with Gasteiger partial charge in [0.15, 0.2) is 0 Å². The third-order valence-electron chi connectivity index (χ3n) is 7.33. The van der Waals surface area contributed by atoms with Crippen LogP contribution in [-0.4, -0.2) is 66.8 Å². The Morgan fingerprint density at radius 2 is 0.592 bits per heavy atom. The van der Waals surface area contributed by atoms with Gasteiger partial charge in [0.2, 0.25) is 0 Å². The van der Waals surface area contributed by atoms with Crippen LogP contribution in [0.3, 0.4) is 0 Å². The van der Waals surface area contributed by atoms with Gasteiger partial charge in [0.05, 0.1) is 19.8 Å². The van der Waals surface area contributed by atoms with Gasteiger partial charge in [-0.1, -0.05) is 59.3 Å². The van der Waals surface area contributed by atoms with E-state index in [1.807, 2.05) is 72.8 Å². The van der Waals surface area contributed by atoms with Crippen molar-refractivity contribution < 1.29 is 42.4 Å². The number of rotatable bonds is 30. The zero-order valence-corrected chi connectivity index (χ0v) is 29.9. The summed E-state index contributed by atoms with van der Waals surface area (Å²) < 4.78 is 52.8. The summed E-state index contributed by atoms with van der Waals surface area (Å²) in [5.74, 6) is 3.87. The maximum absolute atomic E-state index is 6.14. The molecule has 270 valence electrons. The van der Waals surface area contributed by atoms with Crippen molar-refractivity contribution in [2.75, 3.05) is 59.5 Å². The highest BCUT2D eigenvalue weighted by atomic mass is 16.7. The van der Waals surface area contributed by atoms with E-state index in [1.165, 1.54) is 38.5 Å². The second kappa shape index (κ2) is 26.3. The molecule has 10 heteroatoms. The van der Waals surface area contributed by atoms with E-state index in [2.05, 4.69) is 20.8 Å². The number of ether oxygens (including phenoxy) is 6. The van der Waals surface area contributed by atoms with Gasteiger partial charge in [0.25, 0.3) is 0 Å². The summed E-state index contributed by atoms with van der Waals surface area (Å²) in [6.45, 7) is 11.9. The van der Waals surface area contributed by atoms with Crippen LogP contribution < -0.4 is 28.2 Å². The van der Waals surface area contributed by atoms with E-state index in [4.69, 9.17) is 42.4 Å². The smallest absolute Gasteiger partial charge is 0.491 e. The van der Waals surface area contributed by atoms with Crippen LogP contribution in [0.2, 0.25) is 0 Å². The Kier molecular flexibility index (Phi) is 21.4. The first-order chi connectivity index (χ1) is 24.2. The molecule has 3 rings (SSSR count). The fourth-order valence-electron chi connectivity index (χ4n) is 4.57. The van der Waals surface area contributed by atoms with Gasteiger partial charge in [-0.15, -0.1) is 0 Å². The topological polar surface area (TPSA) is 83.1 Å². The van der Waals surface area contributed by atoms with Crippen LogP contribution in [0.5, 0.6) is 34.5 Å². The monoisotopic (exact) mass is 680 g/mol. The molecule has 49 heavy (non-hydrogen) atoms. The average Bonchev–Trinajstić information content (AvgIpc) is 3.12. The zero-order chi connectivity index (χ0) is 34.6. The first-order valence-corrected chi connectivity index (χ1v) is 18.1. The van der Waals surface area contributed by atoms with Crippen LogP contribution in [0.1, 0.15) is 78.6 Å². The summed E-state index contributed by atoms with van der Waals surface area (Å²) in [7, 11) is -1.07. The number of unbranched alkanes of at least 4 members (excludes halogenated alkanes) is 6. The second-order valence-electron chi connectivity index (χ2n) is 11.6. The van der Waals surface area contributed by atoms with Gasteiger partial charge in [0.1, 0.15) is 54.3 Å². The Labute approximate surface area is 294 Å². The third-order valence-corrected chi connectivity index (χ3v) is 7.33. The standard InChI is InChI=1S/C39H57BO9/c1-4-7-10-25-41-28-31-44-34-13-19-37(20-14-34)47-40(48-38-21-15-35(16-22-38)45-32-29-42-26-11-8-5-2)49-39-23-17-36(18-24-39)46-33-30-43-27-12-9-6-3/h13-24H,4-12,25-33H2,1-3H3. The van der Waals surface area contributed by atoms with Crippen LogP contribution in [0.25, 0.3) is 0 Å². The van der Waals surface area contributed by atoms with E-state index in [0.717, 1.165) is 56.3 Å². The van der Waals surface area contributed by atoms with Gasteiger partial charge in [-0.05, 0) is 92.1 Å². The molecule has 0 radical (unpaired) electrons. The Balaban J connectivity index is 1.53. The summed E-state index contributed by atoms with van der Waals surface area (Å²) in [4.78, 5) is 0. The molecular formula is C39H57BO9. The lowest BCUT2D eigenvalue weighted by molar-refractivity contribution is 0.0973. The van der Waals surface area contributed by atoms with Crippen LogP contribution in [0.4, 0.5) is 0 Å². The minimum absolute atomic E-state index is 0.485. The van der Waals surface area contributed by atoms with Gasteiger partial charge in [-0.3, -0.25) is 0 Å². The molecule has 0 N–H and O–H groups in total. The molecule has 9 nitrogen and oxygen atoms in total. The molecule has 0 aliphatic rings. The number of benzene rings is 3. The molecule has 0 spiro atoms. The molecular weight excluding hydrogens is 623 g/mol. The first kappa shape index (κ1) is 39.8. The first-order valence-electron chi connectivity index (χ1n) is 18.1. The van der Waals surface area contributed by atoms with Crippen molar-refractivity contribution in [3.05, 3.63) is 72.8 Å². The normalized spacial score (nSPS) is 10.8. The molecule has 0 unspecified atom stereocenters. The van der Waals surface area contributed by atoms with E-state index in [9.17, 15) is 0 Å². The van der Waals surface area contributed by atoms with Gasteiger partial charge in [-0.2, -0.15) is 0 Å². The SMILES string of the molecule is CCCCCOCCOc1ccc(OB(Oc2ccc(OCCOCCCCC)cc2)Oc2ccc(OCCOCCCCC)cc2)cc1. The van der Waals surface area contributed by atoms with Gasteiger partial charge >= 0.3 is 7.32 Å². The van der Waals surface area contributed by atoms with Crippen LogP contribution >= 0.6 is 0 Å².